The predicted octanol–water partition coefficient (Wildman–Crippen LogP) is 5.10. The molecule has 0 aliphatic rings. The molecule has 1 N–H and O–H groups in total. The number of hydrogen-bond donors (Lipinski definition) is 1. The molecule has 0 spiro atoms. The van der Waals surface area contributed by atoms with Gasteiger partial charge in [-0.15, -0.1) is 10.2 Å². The van der Waals surface area contributed by atoms with Crippen molar-refractivity contribution in [1.82, 2.24) is 19.5 Å². The van der Waals surface area contributed by atoms with E-state index in [9.17, 15) is 4.79 Å². The van der Waals surface area contributed by atoms with E-state index in [1.54, 1.807) is 30.3 Å². The number of amides is 1. The summed E-state index contributed by atoms with van der Waals surface area (Å²) in [6.45, 7) is 0. The number of nitrogens with one attached hydrogen (secondary N) is 1. The van der Waals surface area contributed by atoms with Crippen molar-refractivity contribution in [2.24, 2.45) is 0 Å². The van der Waals surface area contributed by atoms with Crippen molar-refractivity contribution in [2.75, 3.05) is 18.2 Å². The molecule has 2 aromatic heterocycles. The number of halogens is 2. The Labute approximate surface area is 192 Å². The van der Waals surface area contributed by atoms with Gasteiger partial charge in [0.1, 0.15) is 5.75 Å². The van der Waals surface area contributed by atoms with Crippen LogP contribution in [0.4, 0.5) is 5.69 Å². The van der Waals surface area contributed by atoms with Crippen molar-refractivity contribution in [3.8, 4) is 17.1 Å². The Morgan fingerprint density at radius 1 is 1.06 bits per heavy atom. The fourth-order valence-electron chi connectivity index (χ4n) is 2.90. The molecule has 0 atom stereocenters. The van der Waals surface area contributed by atoms with Crippen molar-refractivity contribution in [2.45, 2.75) is 5.16 Å². The van der Waals surface area contributed by atoms with E-state index < -0.39 is 0 Å². The van der Waals surface area contributed by atoms with Gasteiger partial charge in [0.2, 0.25) is 11.1 Å². The first-order valence-electron chi connectivity index (χ1n) is 9.16. The van der Waals surface area contributed by atoms with Crippen LogP contribution in [-0.4, -0.2) is 38.3 Å². The van der Waals surface area contributed by atoms with Gasteiger partial charge in [0.15, 0.2) is 5.82 Å². The summed E-state index contributed by atoms with van der Waals surface area (Å²) in [5.74, 6) is 1.06. The highest BCUT2D eigenvalue weighted by molar-refractivity contribution is 7.99. The van der Waals surface area contributed by atoms with Gasteiger partial charge in [-0.05, 0) is 54.6 Å². The van der Waals surface area contributed by atoms with E-state index in [4.69, 9.17) is 27.9 Å². The van der Waals surface area contributed by atoms with E-state index in [2.05, 4.69) is 15.5 Å². The molecule has 158 valence electrons. The molecule has 2 heterocycles. The minimum atomic E-state index is -0.222. The highest BCUT2D eigenvalue weighted by Crippen LogP contribution is 2.29. The molecular weight excluding hydrogens is 457 g/mol. The lowest BCUT2D eigenvalue weighted by Crippen LogP contribution is -2.16. The van der Waals surface area contributed by atoms with Gasteiger partial charge >= 0.3 is 0 Å². The van der Waals surface area contributed by atoms with Gasteiger partial charge in [-0.1, -0.05) is 35.0 Å². The molecule has 4 aromatic rings. The Morgan fingerprint density at radius 2 is 1.77 bits per heavy atom. The summed E-state index contributed by atoms with van der Waals surface area (Å²) in [6, 6.07) is 16.2. The fourth-order valence-corrected chi connectivity index (χ4v) is 3.93. The number of carbonyl (C=O) groups is 1. The predicted molar refractivity (Wildman–Crippen MR) is 123 cm³/mol. The van der Waals surface area contributed by atoms with Crippen molar-refractivity contribution in [3.63, 3.8) is 0 Å². The van der Waals surface area contributed by atoms with Gasteiger partial charge in [-0.3, -0.25) is 9.47 Å². The monoisotopic (exact) mass is 473 g/mol. The zero-order valence-electron chi connectivity index (χ0n) is 16.3. The molecule has 0 fully saturated rings. The molecule has 31 heavy (non-hydrogen) atoms. The van der Waals surface area contributed by atoms with Crippen LogP contribution in [0.3, 0.4) is 0 Å². The summed E-state index contributed by atoms with van der Waals surface area (Å²) in [4.78, 5) is 12.6. The van der Waals surface area contributed by atoms with Crippen molar-refractivity contribution in [1.29, 1.82) is 0 Å². The summed E-state index contributed by atoms with van der Waals surface area (Å²) in [5, 5.41) is 13.2. The van der Waals surface area contributed by atoms with Gasteiger partial charge in [0, 0.05) is 28.0 Å². The first-order valence-corrected chi connectivity index (χ1v) is 10.9. The van der Waals surface area contributed by atoms with Crippen LogP contribution in [0, 0.1) is 0 Å². The van der Waals surface area contributed by atoms with E-state index in [0.717, 1.165) is 5.56 Å². The first-order chi connectivity index (χ1) is 15.0. The van der Waals surface area contributed by atoms with E-state index in [1.165, 1.54) is 18.9 Å². The minimum Gasteiger partial charge on any atom is -0.495 e. The SMILES string of the molecule is COc1ccc(Cl)cc1NC(=O)CSc1nnc(-c2ccc(Cl)cc2)n1-n1cccc1. The Kier molecular flexibility index (Phi) is 6.50. The summed E-state index contributed by atoms with van der Waals surface area (Å²) in [5.41, 5.74) is 1.36. The number of carbonyl (C=O) groups excluding carboxylic acids is 1. The second-order valence-corrected chi connectivity index (χ2v) is 8.18. The molecule has 0 aliphatic carbocycles. The molecule has 0 saturated carbocycles. The first kappa shape index (κ1) is 21.3. The summed E-state index contributed by atoms with van der Waals surface area (Å²) >= 11 is 13.3. The van der Waals surface area contributed by atoms with E-state index >= 15 is 0 Å². The number of benzene rings is 2. The van der Waals surface area contributed by atoms with E-state index in [-0.39, 0.29) is 11.7 Å². The third kappa shape index (κ3) is 4.87. The fraction of sp³-hybridized carbons (Fsp3) is 0.0952. The van der Waals surface area contributed by atoms with Crippen LogP contribution < -0.4 is 10.1 Å². The minimum absolute atomic E-state index is 0.121. The Hall–Kier alpha value is -2.94. The Bertz CT molecular complexity index is 1190. The maximum Gasteiger partial charge on any atom is 0.234 e. The molecule has 0 aliphatic heterocycles. The van der Waals surface area contributed by atoms with E-state index in [1.807, 2.05) is 46.0 Å². The molecule has 1 amide bonds. The van der Waals surface area contributed by atoms with Crippen LogP contribution in [0.2, 0.25) is 10.0 Å². The molecule has 0 bridgehead atoms. The molecule has 0 radical (unpaired) electrons. The number of anilines is 1. The second-order valence-electron chi connectivity index (χ2n) is 6.37. The van der Waals surface area contributed by atoms with Crippen LogP contribution in [0.15, 0.2) is 72.1 Å². The lowest BCUT2D eigenvalue weighted by atomic mass is 10.2. The largest absolute Gasteiger partial charge is 0.495 e. The topological polar surface area (TPSA) is 74.0 Å². The number of hydrogen-bond acceptors (Lipinski definition) is 5. The smallest absolute Gasteiger partial charge is 0.234 e. The second kappa shape index (κ2) is 9.47. The van der Waals surface area contributed by atoms with Gasteiger partial charge in [0.05, 0.1) is 18.6 Å². The Balaban J connectivity index is 1.56. The van der Waals surface area contributed by atoms with Crippen molar-refractivity contribution < 1.29 is 9.53 Å². The molecule has 7 nitrogen and oxygen atoms in total. The zero-order chi connectivity index (χ0) is 21.8. The normalized spacial score (nSPS) is 10.8. The molecule has 4 rings (SSSR count). The summed E-state index contributed by atoms with van der Waals surface area (Å²) in [7, 11) is 1.53. The van der Waals surface area contributed by atoms with Crippen LogP contribution in [0.1, 0.15) is 0 Å². The molecular formula is C21H17Cl2N5O2S. The molecule has 0 unspecified atom stereocenters. The Morgan fingerprint density at radius 3 is 2.48 bits per heavy atom. The maximum absolute atomic E-state index is 12.6. The lowest BCUT2D eigenvalue weighted by molar-refractivity contribution is -0.113. The average molecular weight is 474 g/mol. The van der Waals surface area contributed by atoms with Crippen LogP contribution >= 0.6 is 35.0 Å². The number of thioether (sulfide) groups is 1. The zero-order valence-corrected chi connectivity index (χ0v) is 18.7. The average Bonchev–Trinajstić information content (AvgIpc) is 3.42. The van der Waals surface area contributed by atoms with E-state index in [0.29, 0.717) is 32.5 Å². The van der Waals surface area contributed by atoms with Crippen molar-refractivity contribution >= 4 is 46.6 Å². The van der Waals surface area contributed by atoms with Crippen molar-refractivity contribution in [3.05, 3.63) is 77.0 Å². The third-order valence-corrected chi connectivity index (χ3v) is 5.71. The van der Waals surface area contributed by atoms with Gasteiger partial charge in [-0.25, -0.2) is 4.68 Å². The molecule has 0 saturated heterocycles. The van der Waals surface area contributed by atoms with Crippen LogP contribution in [-0.2, 0) is 4.79 Å². The van der Waals surface area contributed by atoms with Gasteiger partial charge < -0.3 is 10.1 Å². The van der Waals surface area contributed by atoms with Gasteiger partial charge in [-0.2, -0.15) is 0 Å². The summed E-state index contributed by atoms with van der Waals surface area (Å²) < 4.78 is 8.96. The number of rotatable bonds is 7. The summed E-state index contributed by atoms with van der Waals surface area (Å²) in [6.07, 6.45) is 3.76. The van der Waals surface area contributed by atoms with Gasteiger partial charge in [0.25, 0.3) is 0 Å². The standard InChI is InChI=1S/C21H17Cl2N5O2S/c1-30-18-9-8-16(23)12-17(18)24-19(29)13-31-21-26-25-20(14-4-6-15(22)7-5-14)28(21)27-10-2-3-11-27/h2-12H,13H2,1H3,(H,24,29). The maximum atomic E-state index is 12.6. The number of methoxy groups -OCH3 is 1. The van der Waals surface area contributed by atoms with Crippen LogP contribution in [0.5, 0.6) is 5.75 Å². The number of ether oxygens (including phenoxy) is 1. The lowest BCUT2D eigenvalue weighted by Gasteiger charge is -2.12. The highest BCUT2D eigenvalue weighted by Gasteiger charge is 2.17. The third-order valence-electron chi connectivity index (χ3n) is 4.30. The highest BCUT2D eigenvalue weighted by atomic mass is 35.5. The number of nitrogens with zero attached hydrogens (tertiary/aromatic N) is 4. The number of aromatic nitrogens is 4. The molecule has 2 aromatic carbocycles. The van der Waals surface area contributed by atoms with Crippen LogP contribution in [0.25, 0.3) is 11.4 Å². The molecule has 10 heteroatoms. The quantitative estimate of drug-likeness (QED) is 0.377.